The fourth-order valence-electron chi connectivity index (χ4n) is 6.18. The molecule has 0 saturated carbocycles. The lowest BCUT2D eigenvalue weighted by atomic mass is 9.66. The maximum absolute atomic E-state index is 10.3. The van der Waals surface area contributed by atoms with Crippen LogP contribution in [0, 0.1) is 5.92 Å². The van der Waals surface area contributed by atoms with Crippen molar-refractivity contribution in [1.29, 1.82) is 0 Å². The highest BCUT2D eigenvalue weighted by Gasteiger charge is 2.36. The molecule has 234 valence electrons. The summed E-state index contributed by atoms with van der Waals surface area (Å²) < 4.78 is 282. The van der Waals surface area contributed by atoms with E-state index in [1.54, 1.807) is 0 Å². The molecule has 0 radical (unpaired) electrons. The van der Waals surface area contributed by atoms with E-state index in [0.717, 1.165) is 6.07 Å². The van der Waals surface area contributed by atoms with Crippen LogP contribution in [0.5, 0.6) is 0 Å². The van der Waals surface area contributed by atoms with E-state index in [-0.39, 0.29) is 0 Å². The Hall–Kier alpha value is -6.24. The molecule has 2 atom stereocenters. The molecule has 0 heteroatoms. The van der Waals surface area contributed by atoms with E-state index >= 15 is 0 Å². The zero-order valence-corrected chi connectivity index (χ0v) is 25.2. The van der Waals surface area contributed by atoms with Gasteiger partial charge in [-0.1, -0.05) is 175 Å². The largest absolute Gasteiger partial charge is 0.0760 e. The van der Waals surface area contributed by atoms with E-state index in [1.807, 2.05) is 0 Å². The molecule has 0 amide bonds. The smallest absolute Gasteiger partial charge is 0.0636 e. The minimum absolute atomic E-state index is 0.604. The van der Waals surface area contributed by atoms with Crippen molar-refractivity contribution in [3.05, 3.63) is 221 Å². The number of rotatable bonds is 4. The Morgan fingerprint density at radius 2 is 1.10 bits per heavy atom. The normalized spacial score (nSPS) is 26.0. The number of hydrogen-bond donors (Lipinski definition) is 0. The van der Waals surface area contributed by atoms with E-state index in [9.17, 15) is 17.8 Å². The van der Waals surface area contributed by atoms with Crippen molar-refractivity contribution < 1.29 is 42.5 Å². The lowest BCUT2D eigenvalue weighted by Crippen LogP contribution is -2.23. The number of hydrogen-bond acceptors (Lipinski definition) is 0. The van der Waals surface area contributed by atoms with E-state index in [2.05, 4.69) is 0 Å². The van der Waals surface area contributed by atoms with Crippen LogP contribution in [0.4, 0.5) is 0 Å². The first-order valence-electron chi connectivity index (χ1n) is 30.6. The van der Waals surface area contributed by atoms with Gasteiger partial charge in [-0.05, 0) is 106 Å². The third-order valence-corrected chi connectivity index (χ3v) is 8.38. The predicted octanol–water partition coefficient (Wildman–Crippen LogP) is 13.2. The first kappa shape index (κ1) is 11.4. The standard InChI is InChI=1S/C50H34/c1-3-14-36-29-38(25-23-33(36)11-1)39-27-28-47-48(32-39)50(42-26-24-34-12-2-4-15-37(34)30-42)46-21-8-7-20-45(46)49(47)41-18-9-17-40(31-41)44-22-10-16-35-13-5-6-19-43(35)44/h1-32,45,49H/i1D,2D,3D,4D,5D,6D,7D,8D,10D,11D,12D,13D,14D,15D,16D,17D,18D,19D,20D,21D,22D,23D,24D,25D,26D,27D,28D,29D,30D,31D,32D. The summed E-state index contributed by atoms with van der Waals surface area (Å²) in [6, 6.07) is -28.3. The van der Waals surface area contributed by atoms with Crippen LogP contribution in [0.25, 0.3) is 60.1 Å². The van der Waals surface area contributed by atoms with Crippen molar-refractivity contribution >= 4 is 37.9 Å². The molecular weight excluding hydrogens is 601 g/mol. The SMILES string of the molecule is [2H]C1=C([2H])C2=C(c3c([2H])c([2H])c4c([2H])c([2H])c([2H])c([2H])c4c3[2H])c3c([2H])c(-c4c([2H])c([2H])c5c([2H])c([2H])c([2H])c([2H])c5c4[2H])c([2H])c([2H])c3C(c3c([2H])cc([2H])c(-c4c([2H])c([2H])c([2H])c5c([2H])c([2H])c([2H])c([2H])c45)c3[2H])C2C([2H])=C1[2H]. The second-order valence-corrected chi connectivity index (χ2v) is 11.1. The van der Waals surface area contributed by atoms with E-state index in [4.69, 9.17) is 24.7 Å². The number of fused-ring (bicyclic) bond motifs is 5. The van der Waals surface area contributed by atoms with Crippen molar-refractivity contribution in [2.75, 3.05) is 0 Å². The molecule has 0 bridgehead atoms. The molecule has 0 heterocycles. The summed E-state index contributed by atoms with van der Waals surface area (Å²) in [6.45, 7) is 0. The van der Waals surface area contributed by atoms with Crippen molar-refractivity contribution in [2.24, 2.45) is 5.92 Å². The van der Waals surface area contributed by atoms with E-state index < -0.39 is 287 Å². The topological polar surface area (TPSA) is 0 Å². The number of benzene rings is 8. The lowest BCUT2D eigenvalue weighted by Gasteiger charge is -2.37. The Bertz CT molecular complexity index is 4460. The van der Waals surface area contributed by atoms with E-state index in [1.165, 1.54) is 0 Å². The van der Waals surface area contributed by atoms with Gasteiger partial charge in [0.15, 0.2) is 0 Å². The molecule has 0 N–H and O–H groups in total. The van der Waals surface area contributed by atoms with Crippen molar-refractivity contribution in [3.63, 3.8) is 0 Å². The minimum Gasteiger partial charge on any atom is -0.0760 e. The maximum atomic E-state index is 10.3. The molecule has 0 saturated heterocycles. The minimum atomic E-state index is -2.16. The van der Waals surface area contributed by atoms with Gasteiger partial charge in [-0.15, -0.1) is 0 Å². The van der Waals surface area contributed by atoms with Crippen LogP contribution < -0.4 is 0 Å². The Kier molecular flexibility index (Phi) is 2.67. The Morgan fingerprint density at radius 3 is 1.92 bits per heavy atom. The van der Waals surface area contributed by atoms with Crippen LogP contribution in [-0.4, -0.2) is 0 Å². The lowest BCUT2D eigenvalue weighted by molar-refractivity contribution is 0.649. The van der Waals surface area contributed by atoms with Gasteiger partial charge in [0, 0.05) is 11.8 Å². The van der Waals surface area contributed by atoms with Crippen LogP contribution in [-0.2, 0) is 0 Å². The van der Waals surface area contributed by atoms with E-state index in [0.29, 0.717) is 0 Å². The first-order valence-corrected chi connectivity index (χ1v) is 15.1. The Balaban J connectivity index is 1.48. The van der Waals surface area contributed by atoms with Gasteiger partial charge in [0.1, 0.15) is 0 Å². The molecule has 0 spiro atoms. The van der Waals surface area contributed by atoms with Crippen LogP contribution in [0.1, 0.15) is 70.7 Å². The number of allylic oxidation sites excluding steroid dienone is 5. The quantitative estimate of drug-likeness (QED) is 0.175. The van der Waals surface area contributed by atoms with Crippen LogP contribution in [0.15, 0.2) is 199 Å². The zero-order chi connectivity index (χ0) is 60.0. The second kappa shape index (κ2) is 11.7. The summed E-state index contributed by atoms with van der Waals surface area (Å²) in [4.78, 5) is 0. The third-order valence-electron chi connectivity index (χ3n) is 8.38. The molecule has 8 aromatic rings. The fraction of sp³-hybridized carbons (Fsp3) is 0.0400. The van der Waals surface area contributed by atoms with Crippen molar-refractivity contribution in [2.45, 2.75) is 5.92 Å². The Morgan fingerprint density at radius 1 is 0.440 bits per heavy atom. The highest BCUT2D eigenvalue weighted by Crippen LogP contribution is 2.51. The van der Waals surface area contributed by atoms with Gasteiger partial charge in [0.2, 0.25) is 0 Å². The summed E-state index contributed by atoms with van der Waals surface area (Å²) in [5, 5.41) is -3.85. The van der Waals surface area contributed by atoms with Gasteiger partial charge in [0.05, 0.1) is 42.5 Å². The summed E-state index contributed by atoms with van der Waals surface area (Å²) in [5.74, 6) is -4.27. The summed E-state index contributed by atoms with van der Waals surface area (Å²) in [6.07, 6.45) is 0. The summed E-state index contributed by atoms with van der Waals surface area (Å²) in [5.41, 5.74) is -7.89. The molecule has 0 nitrogen and oxygen atoms in total. The van der Waals surface area contributed by atoms with Crippen LogP contribution in [0.2, 0.25) is 0 Å². The van der Waals surface area contributed by atoms with Gasteiger partial charge < -0.3 is 0 Å². The predicted molar refractivity (Wildman–Crippen MR) is 212 cm³/mol. The maximum Gasteiger partial charge on any atom is 0.0636 e. The molecule has 2 unspecified atom stereocenters. The van der Waals surface area contributed by atoms with Crippen LogP contribution in [0.3, 0.4) is 0 Å². The molecule has 0 aromatic heterocycles. The summed E-state index contributed by atoms with van der Waals surface area (Å²) in [7, 11) is 0. The average molecular weight is 666 g/mol. The molecular formula is C50H34. The highest BCUT2D eigenvalue weighted by molar-refractivity contribution is 5.98. The monoisotopic (exact) mass is 665 g/mol. The Labute approximate surface area is 336 Å². The molecule has 0 fully saturated rings. The average Bonchev–Trinajstić information content (AvgIpc) is 1.91. The zero-order valence-electron chi connectivity index (χ0n) is 56.2. The van der Waals surface area contributed by atoms with Gasteiger partial charge in [-0.3, -0.25) is 0 Å². The first-order chi connectivity index (χ1) is 37.7. The van der Waals surface area contributed by atoms with Gasteiger partial charge >= 0.3 is 0 Å². The third kappa shape index (κ3) is 4.76. The summed E-state index contributed by atoms with van der Waals surface area (Å²) >= 11 is 0. The fourth-order valence-corrected chi connectivity index (χ4v) is 6.18. The van der Waals surface area contributed by atoms with Gasteiger partial charge in [-0.25, -0.2) is 0 Å². The molecule has 50 heavy (non-hydrogen) atoms. The van der Waals surface area contributed by atoms with Crippen LogP contribution >= 0.6 is 0 Å². The molecule has 2 aliphatic carbocycles. The highest BCUT2D eigenvalue weighted by atomic mass is 14.4. The molecule has 8 aromatic carbocycles. The van der Waals surface area contributed by atoms with Crippen molar-refractivity contribution in [1.82, 2.24) is 0 Å². The molecule has 10 rings (SSSR count). The van der Waals surface area contributed by atoms with Crippen molar-refractivity contribution in [3.8, 4) is 22.3 Å². The molecule has 2 aliphatic rings. The second-order valence-electron chi connectivity index (χ2n) is 11.1. The van der Waals surface area contributed by atoms with Gasteiger partial charge in [0.25, 0.3) is 0 Å². The van der Waals surface area contributed by atoms with Gasteiger partial charge in [-0.2, -0.15) is 0 Å². The molecule has 0 aliphatic heterocycles.